The fourth-order valence-electron chi connectivity index (χ4n) is 5.30. The summed E-state index contributed by atoms with van der Waals surface area (Å²) in [5.41, 5.74) is 3.03. The highest BCUT2D eigenvalue weighted by Gasteiger charge is 2.47. The number of rotatable bonds is 2. The van der Waals surface area contributed by atoms with E-state index in [1.165, 1.54) is 12.1 Å². The molecule has 3 unspecified atom stereocenters. The molecule has 0 spiro atoms. The van der Waals surface area contributed by atoms with Gasteiger partial charge in [0.15, 0.2) is 0 Å². The number of carbonyl (C=O) groups is 3. The van der Waals surface area contributed by atoms with Crippen molar-refractivity contribution < 1.29 is 14.4 Å². The number of piperazine rings is 1. The van der Waals surface area contributed by atoms with Crippen molar-refractivity contribution in [3.63, 3.8) is 0 Å². The van der Waals surface area contributed by atoms with Gasteiger partial charge in [-0.05, 0) is 57.4 Å². The van der Waals surface area contributed by atoms with Crippen molar-refractivity contribution in [1.82, 2.24) is 15.1 Å². The van der Waals surface area contributed by atoms with Gasteiger partial charge in [-0.3, -0.25) is 24.6 Å². The predicted octanol–water partition coefficient (Wildman–Crippen LogP) is 1.51. The van der Waals surface area contributed by atoms with Crippen molar-refractivity contribution in [2.45, 2.75) is 70.2 Å². The van der Waals surface area contributed by atoms with Gasteiger partial charge in [0.2, 0.25) is 11.8 Å². The summed E-state index contributed by atoms with van der Waals surface area (Å²) < 4.78 is 0. The van der Waals surface area contributed by atoms with Crippen LogP contribution in [-0.4, -0.2) is 64.3 Å². The molecule has 4 saturated heterocycles. The summed E-state index contributed by atoms with van der Waals surface area (Å²) in [6.45, 7) is 9.38. The van der Waals surface area contributed by atoms with Crippen molar-refractivity contribution in [1.29, 1.82) is 0 Å². The van der Waals surface area contributed by atoms with E-state index in [1.807, 2.05) is 6.07 Å². The number of hydrogen-bond donors (Lipinski definition) is 1. The summed E-state index contributed by atoms with van der Waals surface area (Å²) in [6, 6.07) is 6.58. The molecule has 7 heteroatoms. The van der Waals surface area contributed by atoms with Crippen LogP contribution in [0.15, 0.2) is 18.2 Å². The van der Waals surface area contributed by atoms with Crippen LogP contribution < -0.4 is 10.2 Å². The number of amides is 3. The Bertz CT molecular complexity index is 894. The van der Waals surface area contributed by atoms with Gasteiger partial charge in [-0.1, -0.05) is 0 Å². The molecule has 6 rings (SSSR count). The number of carbonyl (C=O) groups excluding carboxylic acids is 3. The van der Waals surface area contributed by atoms with E-state index >= 15 is 0 Å². The zero-order chi connectivity index (χ0) is 20.5. The number of fused-ring (bicyclic) bond motifs is 3. The van der Waals surface area contributed by atoms with E-state index in [9.17, 15) is 14.4 Å². The summed E-state index contributed by atoms with van der Waals surface area (Å²) in [7, 11) is 0. The minimum atomic E-state index is -0.556. The molecular formula is C22H28N4O3. The molecule has 0 saturated carbocycles. The summed E-state index contributed by atoms with van der Waals surface area (Å²) in [5, 5.41) is 2.36. The molecule has 154 valence electrons. The molecule has 3 atom stereocenters. The lowest BCUT2D eigenvalue weighted by Crippen LogP contribution is -2.71. The molecule has 5 heterocycles. The zero-order valence-electron chi connectivity index (χ0n) is 17.3. The SMILES string of the molecule is CC(C)(C)N1CC2CC(C1)N2c1ccc2c(c1)CN(C1CCC(=O)NC1=O)C2=O. The second kappa shape index (κ2) is 6.29. The monoisotopic (exact) mass is 396 g/mol. The second-order valence-corrected chi connectivity index (χ2v) is 9.77. The molecule has 2 bridgehead atoms. The van der Waals surface area contributed by atoms with Crippen molar-refractivity contribution >= 4 is 23.4 Å². The van der Waals surface area contributed by atoms with Crippen LogP contribution in [0.1, 0.15) is 56.0 Å². The first kappa shape index (κ1) is 18.6. The average molecular weight is 396 g/mol. The quantitative estimate of drug-likeness (QED) is 0.768. The molecule has 0 aromatic heterocycles. The van der Waals surface area contributed by atoms with Crippen molar-refractivity contribution in [2.24, 2.45) is 0 Å². The van der Waals surface area contributed by atoms with Gasteiger partial charge in [-0.15, -0.1) is 0 Å². The molecule has 0 aliphatic carbocycles. The molecule has 29 heavy (non-hydrogen) atoms. The second-order valence-electron chi connectivity index (χ2n) is 9.77. The van der Waals surface area contributed by atoms with Gasteiger partial charge in [0.25, 0.3) is 5.91 Å². The minimum absolute atomic E-state index is 0.108. The Morgan fingerprint density at radius 1 is 1.07 bits per heavy atom. The molecule has 7 nitrogen and oxygen atoms in total. The standard InChI is InChI=1S/C22H28N4O3/c1-22(2,3)24-11-15-9-16(12-24)26(15)14-4-5-17-13(8-14)10-25(21(17)29)18-6-7-19(27)23-20(18)28/h4-5,8,15-16,18H,6-7,9-12H2,1-3H3,(H,23,27,28). The maximum Gasteiger partial charge on any atom is 0.255 e. The van der Waals surface area contributed by atoms with Gasteiger partial charge < -0.3 is 9.80 Å². The first-order valence-electron chi connectivity index (χ1n) is 10.5. The number of piperidine rings is 2. The number of hydrogen-bond acceptors (Lipinski definition) is 5. The van der Waals surface area contributed by atoms with Gasteiger partial charge in [0.05, 0.1) is 0 Å². The van der Waals surface area contributed by atoms with Crippen molar-refractivity contribution in [3.8, 4) is 0 Å². The third-order valence-corrected chi connectivity index (χ3v) is 6.95. The molecule has 0 radical (unpaired) electrons. The van der Waals surface area contributed by atoms with Crippen LogP contribution in [0.2, 0.25) is 0 Å². The van der Waals surface area contributed by atoms with E-state index < -0.39 is 6.04 Å². The van der Waals surface area contributed by atoms with E-state index in [0.29, 0.717) is 30.6 Å². The van der Waals surface area contributed by atoms with Crippen molar-refractivity contribution in [2.75, 3.05) is 18.0 Å². The Hall–Kier alpha value is -2.41. The van der Waals surface area contributed by atoms with Crippen LogP contribution in [0.4, 0.5) is 5.69 Å². The van der Waals surface area contributed by atoms with E-state index in [2.05, 4.69) is 48.0 Å². The van der Waals surface area contributed by atoms with Crippen LogP contribution in [0.3, 0.4) is 0 Å². The molecule has 4 fully saturated rings. The van der Waals surface area contributed by atoms with Crippen LogP contribution >= 0.6 is 0 Å². The van der Waals surface area contributed by atoms with E-state index in [0.717, 1.165) is 18.7 Å². The lowest BCUT2D eigenvalue weighted by atomic mass is 9.84. The van der Waals surface area contributed by atoms with Crippen LogP contribution in [0.25, 0.3) is 0 Å². The Labute approximate surface area is 171 Å². The Morgan fingerprint density at radius 3 is 2.45 bits per heavy atom. The zero-order valence-corrected chi connectivity index (χ0v) is 17.3. The molecule has 1 aromatic rings. The molecule has 1 N–H and O–H groups in total. The third kappa shape index (κ3) is 2.94. The first-order chi connectivity index (χ1) is 13.7. The maximum atomic E-state index is 12.9. The van der Waals surface area contributed by atoms with Gasteiger partial charge in [-0.25, -0.2) is 0 Å². The molecular weight excluding hydrogens is 368 g/mol. The number of anilines is 1. The lowest BCUT2D eigenvalue weighted by molar-refractivity contribution is -0.136. The highest BCUT2D eigenvalue weighted by atomic mass is 16.2. The molecule has 1 aromatic carbocycles. The normalized spacial score (nSPS) is 29.6. The van der Waals surface area contributed by atoms with Crippen molar-refractivity contribution in [3.05, 3.63) is 29.3 Å². The van der Waals surface area contributed by atoms with Gasteiger partial charge >= 0.3 is 0 Å². The van der Waals surface area contributed by atoms with Gasteiger partial charge in [0.1, 0.15) is 6.04 Å². The summed E-state index contributed by atoms with van der Waals surface area (Å²) in [6.07, 6.45) is 1.91. The Balaban J connectivity index is 1.34. The van der Waals surface area contributed by atoms with Gasteiger partial charge in [-0.2, -0.15) is 0 Å². The van der Waals surface area contributed by atoms with Crippen LogP contribution in [-0.2, 0) is 16.1 Å². The summed E-state index contributed by atoms with van der Waals surface area (Å²) >= 11 is 0. The smallest absolute Gasteiger partial charge is 0.255 e. The number of nitrogens with one attached hydrogen (secondary N) is 1. The number of benzene rings is 1. The van der Waals surface area contributed by atoms with E-state index in [-0.39, 0.29) is 29.7 Å². The minimum Gasteiger partial charge on any atom is -0.363 e. The fourth-order valence-corrected chi connectivity index (χ4v) is 5.30. The highest BCUT2D eigenvalue weighted by Crippen LogP contribution is 2.40. The number of nitrogens with zero attached hydrogens (tertiary/aromatic N) is 3. The average Bonchev–Trinajstić information content (AvgIpc) is 2.97. The molecule has 5 aliphatic rings. The van der Waals surface area contributed by atoms with E-state index in [4.69, 9.17) is 0 Å². The molecule has 5 aliphatic heterocycles. The molecule has 3 amide bonds. The maximum absolute atomic E-state index is 12.9. The summed E-state index contributed by atoms with van der Waals surface area (Å²) in [4.78, 5) is 43.2. The predicted molar refractivity (Wildman–Crippen MR) is 108 cm³/mol. The van der Waals surface area contributed by atoms with Crippen LogP contribution in [0.5, 0.6) is 0 Å². The number of imide groups is 1. The Kier molecular flexibility index (Phi) is 4.04. The fraction of sp³-hybridized carbons (Fsp3) is 0.591. The summed E-state index contributed by atoms with van der Waals surface area (Å²) in [5.74, 6) is -0.725. The lowest BCUT2D eigenvalue weighted by Gasteiger charge is -2.60. The topological polar surface area (TPSA) is 73.0 Å². The van der Waals surface area contributed by atoms with Gasteiger partial charge in [0, 0.05) is 54.9 Å². The first-order valence-corrected chi connectivity index (χ1v) is 10.5. The highest BCUT2D eigenvalue weighted by molar-refractivity contribution is 6.05. The largest absolute Gasteiger partial charge is 0.363 e. The van der Waals surface area contributed by atoms with E-state index in [1.54, 1.807) is 4.90 Å². The van der Waals surface area contributed by atoms with Crippen LogP contribution in [0, 0.1) is 0 Å². The third-order valence-electron chi connectivity index (χ3n) is 6.95. The Morgan fingerprint density at radius 2 is 1.79 bits per heavy atom.